The quantitative estimate of drug-likeness (QED) is 0.345. The van der Waals surface area contributed by atoms with E-state index < -0.39 is 0 Å². The van der Waals surface area contributed by atoms with E-state index in [4.69, 9.17) is 5.84 Å². The predicted molar refractivity (Wildman–Crippen MR) is 60.2 cm³/mol. The zero-order chi connectivity index (χ0) is 11.3. The van der Waals surface area contributed by atoms with Gasteiger partial charge >= 0.3 is 0 Å². The Morgan fingerprint density at radius 3 is 2.87 bits per heavy atom. The maximum Gasteiger partial charge on any atom is 0.145 e. The van der Waals surface area contributed by atoms with Gasteiger partial charge in [-0.2, -0.15) is 0 Å². The molecule has 4 heteroatoms. The van der Waals surface area contributed by atoms with Crippen molar-refractivity contribution in [2.45, 2.75) is 20.3 Å². The van der Waals surface area contributed by atoms with E-state index >= 15 is 0 Å². The molecule has 82 valence electrons. The molecular weight excluding hydrogens is 193 g/mol. The van der Waals surface area contributed by atoms with Crippen molar-refractivity contribution in [2.75, 3.05) is 6.54 Å². The summed E-state index contributed by atoms with van der Waals surface area (Å²) in [5.41, 5.74) is 3.44. The van der Waals surface area contributed by atoms with E-state index in [1.54, 1.807) is 25.1 Å². The molecular formula is C11H16FN3. The number of aryl methyl sites for hydroxylation is 1. The van der Waals surface area contributed by atoms with Gasteiger partial charge in [0.15, 0.2) is 0 Å². The fraction of sp³-hybridized carbons (Fsp3) is 0.364. The molecule has 15 heavy (non-hydrogen) atoms. The number of hydrogen-bond donors (Lipinski definition) is 2. The third-order valence-electron chi connectivity index (χ3n) is 2.08. The van der Waals surface area contributed by atoms with E-state index in [0.29, 0.717) is 23.5 Å². The van der Waals surface area contributed by atoms with Crippen LogP contribution >= 0.6 is 0 Å². The molecule has 0 aliphatic rings. The predicted octanol–water partition coefficient (Wildman–Crippen LogP) is 1.75. The summed E-state index contributed by atoms with van der Waals surface area (Å²) < 4.78 is 13.7. The molecule has 0 radical (unpaired) electrons. The van der Waals surface area contributed by atoms with Crippen LogP contribution in [-0.2, 0) is 0 Å². The Hall–Kier alpha value is -1.42. The Labute approximate surface area is 89.2 Å². The fourth-order valence-electron chi connectivity index (χ4n) is 1.26. The summed E-state index contributed by atoms with van der Waals surface area (Å²) >= 11 is 0. The summed E-state index contributed by atoms with van der Waals surface area (Å²) in [5.74, 6) is 5.45. The van der Waals surface area contributed by atoms with Crippen molar-refractivity contribution >= 4 is 5.84 Å². The van der Waals surface area contributed by atoms with Gasteiger partial charge in [-0.1, -0.05) is 19.1 Å². The van der Waals surface area contributed by atoms with E-state index in [1.807, 2.05) is 6.92 Å². The zero-order valence-corrected chi connectivity index (χ0v) is 9.05. The Morgan fingerprint density at radius 2 is 2.27 bits per heavy atom. The molecule has 3 N–H and O–H groups in total. The maximum absolute atomic E-state index is 13.7. The molecule has 0 aliphatic carbocycles. The standard InChI is InChI=1S/C11H16FN3/c1-3-7-14-11(15-13)9-6-4-5-8(2)10(9)12/h4-6H,3,7,13H2,1-2H3,(H,14,15). The zero-order valence-electron chi connectivity index (χ0n) is 9.05. The highest BCUT2D eigenvalue weighted by molar-refractivity contribution is 5.98. The minimum atomic E-state index is -0.273. The van der Waals surface area contributed by atoms with Crippen LogP contribution in [-0.4, -0.2) is 12.4 Å². The lowest BCUT2D eigenvalue weighted by atomic mass is 10.1. The molecule has 0 bridgehead atoms. The first-order valence-electron chi connectivity index (χ1n) is 4.97. The highest BCUT2D eigenvalue weighted by Crippen LogP contribution is 2.11. The molecule has 0 amide bonds. The number of aliphatic imine (C=N–C) groups is 1. The van der Waals surface area contributed by atoms with Gasteiger partial charge in [-0.15, -0.1) is 0 Å². The van der Waals surface area contributed by atoms with Gasteiger partial charge in [0, 0.05) is 6.54 Å². The van der Waals surface area contributed by atoms with E-state index in [1.165, 1.54) is 0 Å². The Balaban J connectivity index is 3.07. The van der Waals surface area contributed by atoms with Gasteiger partial charge in [0.05, 0.1) is 5.56 Å². The molecule has 3 nitrogen and oxygen atoms in total. The van der Waals surface area contributed by atoms with Crippen LogP contribution in [0.5, 0.6) is 0 Å². The number of hydrogen-bond acceptors (Lipinski definition) is 2. The van der Waals surface area contributed by atoms with Gasteiger partial charge in [-0.05, 0) is 25.0 Å². The van der Waals surface area contributed by atoms with Crippen LogP contribution in [0.4, 0.5) is 4.39 Å². The summed E-state index contributed by atoms with van der Waals surface area (Å²) in [6, 6.07) is 5.16. The summed E-state index contributed by atoms with van der Waals surface area (Å²) in [7, 11) is 0. The van der Waals surface area contributed by atoms with Crippen molar-refractivity contribution < 1.29 is 4.39 Å². The number of nitrogens with zero attached hydrogens (tertiary/aromatic N) is 1. The van der Waals surface area contributed by atoms with Crippen LogP contribution in [0.3, 0.4) is 0 Å². The lowest BCUT2D eigenvalue weighted by Gasteiger charge is -2.08. The first-order chi connectivity index (χ1) is 7.20. The van der Waals surface area contributed by atoms with E-state index in [-0.39, 0.29) is 5.82 Å². The molecule has 1 rings (SSSR count). The average Bonchev–Trinajstić information content (AvgIpc) is 2.25. The van der Waals surface area contributed by atoms with Crippen LogP contribution in [0.15, 0.2) is 23.2 Å². The van der Waals surface area contributed by atoms with Crippen molar-refractivity contribution in [3.63, 3.8) is 0 Å². The number of nitrogens with two attached hydrogens (primary N) is 1. The van der Waals surface area contributed by atoms with Gasteiger partial charge in [-0.3, -0.25) is 4.99 Å². The number of nitrogens with one attached hydrogen (secondary N) is 1. The number of benzene rings is 1. The third kappa shape index (κ3) is 2.76. The lowest BCUT2D eigenvalue weighted by molar-refractivity contribution is 0.614. The fourth-order valence-corrected chi connectivity index (χ4v) is 1.26. The molecule has 0 aromatic heterocycles. The van der Waals surface area contributed by atoms with Gasteiger partial charge in [0.1, 0.15) is 11.7 Å². The Kier molecular flexibility index (Phi) is 4.24. The molecule has 0 aliphatic heterocycles. The van der Waals surface area contributed by atoms with Crippen LogP contribution in [0, 0.1) is 12.7 Å². The highest BCUT2D eigenvalue weighted by atomic mass is 19.1. The largest absolute Gasteiger partial charge is 0.308 e. The van der Waals surface area contributed by atoms with Crippen LogP contribution in [0.2, 0.25) is 0 Å². The van der Waals surface area contributed by atoms with Crippen molar-refractivity contribution in [3.8, 4) is 0 Å². The summed E-state index contributed by atoms with van der Waals surface area (Å²) in [6.07, 6.45) is 0.901. The molecule has 0 heterocycles. The van der Waals surface area contributed by atoms with Gasteiger partial charge in [0.2, 0.25) is 0 Å². The monoisotopic (exact) mass is 209 g/mol. The Morgan fingerprint density at radius 1 is 1.53 bits per heavy atom. The number of amidine groups is 1. The molecule has 0 saturated carbocycles. The number of rotatable bonds is 3. The lowest BCUT2D eigenvalue weighted by Crippen LogP contribution is -2.32. The summed E-state index contributed by atoms with van der Waals surface area (Å²) in [4.78, 5) is 4.17. The van der Waals surface area contributed by atoms with Gasteiger partial charge in [-0.25, -0.2) is 10.2 Å². The molecule has 0 atom stereocenters. The van der Waals surface area contributed by atoms with Crippen molar-refractivity contribution in [1.82, 2.24) is 5.43 Å². The Bertz CT molecular complexity index is 361. The molecule has 1 aromatic rings. The third-order valence-corrected chi connectivity index (χ3v) is 2.08. The molecule has 1 aromatic carbocycles. The highest BCUT2D eigenvalue weighted by Gasteiger charge is 2.09. The van der Waals surface area contributed by atoms with E-state index in [9.17, 15) is 4.39 Å². The summed E-state index contributed by atoms with van der Waals surface area (Å²) in [5, 5.41) is 0. The van der Waals surface area contributed by atoms with Crippen LogP contribution in [0.25, 0.3) is 0 Å². The molecule has 0 fully saturated rings. The van der Waals surface area contributed by atoms with E-state index in [0.717, 1.165) is 6.42 Å². The molecule has 0 unspecified atom stereocenters. The summed E-state index contributed by atoms with van der Waals surface area (Å²) in [6.45, 7) is 4.35. The van der Waals surface area contributed by atoms with E-state index in [2.05, 4.69) is 10.4 Å². The first kappa shape index (κ1) is 11.7. The van der Waals surface area contributed by atoms with Crippen molar-refractivity contribution in [2.24, 2.45) is 10.8 Å². The first-order valence-corrected chi connectivity index (χ1v) is 4.97. The van der Waals surface area contributed by atoms with Crippen LogP contribution < -0.4 is 11.3 Å². The second-order valence-corrected chi connectivity index (χ2v) is 3.31. The van der Waals surface area contributed by atoms with Crippen molar-refractivity contribution in [3.05, 3.63) is 35.1 Å². The molecule has 0 spiro atoms. The van der Waals surface area contributed by atoms with Crippen molar-refractivity contribution in [1.29, 1.82) is 0 Å². The minimum Gasteiger partial charge on any atom is -0.308 e. The molecule has 0 saturated heterocycles. The normalized spacial score (nSPS) is 11.6. The number of hydrazine groups is 1. The van der Waals surface area contributed by atoms with Crippen LogP contribution in [0.1, 0.15) is 24.5 Å². The number of halogens is 1. The SMILES string of the molecule is CCCN=C(NN)c1cccc(C)c1F. The smallest absolute Gasteiger partial charge is 0.145 e. The average molecular weight is 209 g/mol. The maximum atomic E-state index is 13.7. The second-order valence-electron chi connectivity index (χ2n) is 3.31. The second kappa shape index (κ2) is 5.46. The minimum absolute atomic E-state index is 0.273. The van der Waals surface area contributed by atoms with Gasteiger partial charge < -0.3 is 5.43 Å². The van der Waals surface area contributed by atoms with Gasteiger partial charge in [0.25, 0.3) is 0 Å². The topological polar surface area (TPSA) is 50.4 Å².